The van der Waals surface area contributed by atoms with Crippen LogP contribution in [0.5, 0.6) is 0 Å². The zero-order valence-electron chi connectivity index (χ0n) is 10.2. The van der Waals surface area contributed by atoms with Crippen LogP contribution in [0.2, 0.25) is 0 Å². The third kappa shape index (κ3) is 3.80. The number of hydrogen-bond acceptors (Lipinski definition) is 3. The Balaban J connectivity index is 2.79. The van der Waals surface area contributed by atoms with Gasteiger partial charge in [0.2, 0.25) is 5.91 Å². The van der Waals surface area contributed by atoms with E-state index in [0.29, 0.717) is 18.7 Å². The van der Waals surface area contributed by atoms with Crippen LogP contribution in [0.4, 0.5) is 5.69 Å². The molecule has 17 heavy (non-hydrogen) atoms. The average molecular weight is 231 g/mol. The van der Waals surface area contributed by atoms with Gasteiger partial charge in [0, 0.05) is 18.8 Å². The van der Waals surface area contributed by atoms with E-state index in [-0.39, 0.29) is 5.91 Å². The highest BCUT2D eigenvalue weighted by Crippen LogP contribution is 2.15. The van der Waals surface area contributed by atoms with Crippen molar-refractivity contribution in [3.63, 3.8) is 0 Å². The minimum atomic E-state index is -0.00305. The van der Waals surface area contributed by atoms with Crippen LogP contribution in [0.25, 0.3) is 0 Å². The maximum absolute atomic E-state index is 11.5. The van der Waals surface area contributed by atoms with Gasteiger partial charge in [-0.3, -0.25) is 4.79 Å². The summed E-state index contributed by atoms with van der Waals surface area (Å²) in [6.07, 6.45) is 0. The SMILES string of the molecule is CCNC(=O)CN(CC)c1cccc(C#N)c1. The molecule has 1 rings (SSSR count). The quantitative estimate of drug-likeness (QED) is 0.836. The molecule has 0 saturated heterocycles. The number of nitriles is 1. The monoisotopic (exact) mass is 231 g/mol. The van der Waals surface area contributed by atoms with Crippen LogP contribution in [-0.4, -0.2) is 25.5 Å². The third-order valence-electron chi connectivity index (χ3n) is 2.43. The number of nitrogens with zero attached hydrogens (tertiary/aromatic N) is 2. The van der Waals surface area contributed by atoms with Crippen molar-refractivity contribution in [1.29, 1.82) is 5.26 Å². The van der Waals surface area contributed by atoms with Gasteiger partial charge in [-0.2, -0.15) is 5.26 Å². The average Bonchev–Trinajstić information content (AvgIpc) is 2.36. The van der Waals surface area contributed by atoms with E-state index in [1.54, 1.807) is 12.1 Å². The van der Waals surface area contributed by atoms with Gasteiger partial charge in [0.25, 0.3) is 0 Å². The fourth-order valence-corrected chi connectivity index (χ4v) is 1.58. The molecule has 0 aliphatic carbocycles. The Morgan fingerprint density at radius 2 is 2.24 bits per heavy atom. The van der Waals surface area contributed by atoms with Gasteiger partial charge in [-0.25, -0.2) is 0 Å². The summed E-state index contributed by atoms with van der Waals surface area (Å²) in [6, 6.07) is 9.38. The second-order valence-corrected chi connectivity index (χ2v) is 3.63. The number of amides is 1. The van der Waals surface area contributed by atoms with E-state index in [9.17, 15) is 4.79 Å². The summed E-state index contributed by atoms with van der Waals surface area (Å²) in [4.78, 5) is 13.5. The summed E-state index contributed by atoms with van der Waals surface area (Å²) in [5.74, 6) is -0.00305. The molecule has 0 spiro atoms. The molecule has 1 aromatic carbocycles. The molecule has 0 unspecified atom stereocenters. The predicted molar refractivity (Wildman–Crippen MR) is 67.7 cm³/mol. The smallest absolute Gasteiger partial charge is 0.239 e. The van der Waals surface area contributed by atoms with Gasteiger partial charge in [0.05, 0.1) is 18.2 Å². The second kappa shape index (κ2) is 6.54. The molecule has 0 aliphatic rings. The normalized spacial score (nSPS) is 9.47. The van der Waals surface area contributed by atoms with Gasteiger partial charge >= 0.3 is 0 Å². The highest BCUT2D eigenvalue weighted by atomic mass is 16.2. The van der Waals surface area contributed by atoms with Crippen LogP contribution in [0.3, 0.4) is 0 Å². The fraction of sp³-hybridized carbons (Fsp3) is 0.385. The number of nitrogens with one attached hydrogen (secondary N) is 1. The molecule has 4 nitrogen and oxygen atoms in total. The Morgan fingerprint density at radius 3 is 2.82 bits per heavy atom. The molecule has 1 N–H and O–H groups in total. The van der Waals surface area contributed by atoms with Crippen molar-refractivity contribution < 1.29 is 4.79 Å². The minimum Gasteiger partial charge on any atom is -0.362 e. The molecular weight excluding hydrogens is 214 g/mol. The van der Waals surface area contributed by atoms with Gasteiger partial charge in [-0.05, 0) is 32.0 Å². The van der Waals surface area contributed by atoms with Gasteiger partial charge in [-0.1, -0.05) is 6.07 Å². The number of anilines is 1. The zero-order chi connectivity index (χ0) is 12.7. The Labute approximate surface area is 102 Å². The van der Waals surface area contributed by atoms with Crippen LogP contribution >= 0.6 is 0 Å². The first-order valence-electron chi connectivity index (χ1n) is 5.73. The molecule has 0 fully saturated rings. The summed E-state index contributed by atoms with van der Waals surface area (Å²) in [5, 5.41) is 11.6. The highest BCUT2D eigenvalue weighted by Gasteiger charge is 2.09. The van der Waals surface area contributed by atoms with Crippen molar-refractivity contribution in [2.24, 2.45) is 0 Å². The van der Waals surface area contributed by atoms with Crippen LogP contribution < -0.4 is 10.2 Å². The fourth-order valence-electron chi connectivity index (χ4n) is 1.58. The van der Waals surface area contributed by atoms with E-state index in [4.69, 9.17) is 5.26 Å². The van der Waals surface area contributed by atoms with Crippen LogP contribution in [-0.2, 0) is 4.79 Å². The third-order valence-corrected chi connectivity index (χ3v) is 2.43. The number of carbonyl (C=O) groups is 1. The molecule has 1 amide bonds. The van der Waals surface area contributed by atoms with Crippen molar-refractivity contribution in [3.05, 3.63) is 29.8 Å². The molecule has 0 saturated carbocycles. The van der Waals surface area contributed by atoms with E-state index < -0.39 is 0 Å². The van der Waals surface area contributed by atoms with E-state index in [0.717, 1.165) is 12.2 Å². The molecule has 90 valence electrons. The number of carbonyl (C=O) groups excluding carboxylic acids is 1. The van der Waals surface area contributed by atoms with E-state index in [1.807, 2.05) is 30.9 Å². The highest BCUT2D eigenvalue weighted by molar-refractivity contribution is 5.81. The molecule has 0 aromatic heterocycles. The van der Waals surface area contributed by atoms with Gasteiger partial charge < -0.3 is 10.2 Å². The molecule has 0 radical (unpaired) electrons. The zero-order valence-corrected chi connectivity index (χ0v) is 10.2. The van der Waals surface area contributed by atoms with Crippen molar-refractivity contribution in [2.75, 3.05) is 24.5 Å². The lowest BCUT2D eigenvalue weighted by atomic mass is 10.2. The van der Waals surface area contributed by atoms with E-state index in [1.165, 1.54) is 0 Å². The number of hydrogen-bond donors (Lipinski definition) is 1. The molecular formula is C13H17N3O. The first-order valence-corrected chi connectivity index (χ1v) is 5.73. The lowest BCUT2D eigenvalue weighted by Crippen LogP contribution is -2.37. The first-order chi connectivity index (χ1) is 8.21. The molecule has 0 aliphatic heterocycles. The van der Waals surface area contributed by atoms with Crippen LogP contribution in [0.1, 0.15) is 19.4 Å². The summed E-state index contributed by atoms with van der Waals surface area (Å²) in [7, 11) is 0. The number of rotatable bonds is 5. The standard InChI is InChI=1S/C13H17N3O/c1-3-15-13(17)10-16(4-2)12-7-5-6-11(8-12)9-14/h5-8H,3-4,10H2,1-2H3,(H,15,17). The maximum atomic E-state index is 11.5. The Kier molecular flexibility index (Phi) is 5.02. The van der Waals surface area contributed by atoms with Gasteiger partial charge in [0.1, 0.15) is 0 Å². The van der Waals surface area contributed by atoms with Crippen LogP contribution in [0.15, 0.2) is 24.3 Å². The number of benzene rings is 1. The summed E-state index contributed by atoms with van der Waals surface area (Å²) < 4.78 is 0. The number of likely N-dealkylation sites (N-methyl/N-ethyl adjacent to an activating group) is 2. The summed E-state index contributed by atoms with van der Waals surface area (Å²) in [6.45, 7) is 5.56. The minimum absolute atomic E-state index is 0.00305. The predicted octanol–water partition coefficient (Wildman–Crippen LogP) is 1.52. The molecule has 0 heterocycles. The van der Waals surface area contributed by atoms with Crippen molar-refractivity contribution in [1.82, 2.24) is 5.32 Å². The van der Waals surface area contributed by atoms with E-state index in [2.05, 4.69) is 11.4 Å². The van der Waals surface area contributed by atoms with Crippen LogP contribution in [0, 0.1) is 11.3 Å². The van der Waals surface area contributed by atoms with Crippen molar-refractivity contribution >= 4 is 11.6 Å². The van der Waals surface area contributed by atoms with Crippen molar-refractivity contribution in [3.8, 4) is 6.07 Å². The van der Waals surface area contributed by atoms with Gasteiger partial charge in [-0.15, -0.1) is 0 Å². The largest absolute Gasteiger partial charge is 0.362 e. The Hall–Kier alpha value is -2.02. The second-order valence-electron chi connectivity index (χ2n) is 3.63. The first kappa shape index (κ1) is 13.0. The lowest BCUT2D eigenvalue weighted by molar-refractivity contribution is -0.119. The van der Waals surface area contributed by atoms with E-state index >= 15 is 0 Å². The topological polar surface area (TPSA) is 56.1 Å². The molecule has 1 aromatic rings. The molecule has 0 bridgehead atoms. The summed E-state index contributed by atoms with van der Waals surface area (Å²) >= 11 is 0. The molecule has 4 heteroatoms. The lowest BCUT2D eigenvalue weighted by Gasteiger charge is -2.22. The Bertz CT molecular complexity index is 423. The van der Waals surface area contributed by atoms with Crippen molar-refractivity contribution in [2.45, 2.75) is 13.8 Å². The Morgan fingerprint density at radius 1 is 1.47 bits per heavy atom. The van der Waals surface area contributed by atoms with Gasteiger partial charge in [0.15, 0.2) is 0 Å². The maximum Gasteiger partial charge on any atom is 0.239 e. The molecule has 0 atom stereocenters. The summed E-state index contributed by atoms with van der Waals surface area (Å²) in [5.41, 5.74) is 1.51.